The van der Waals surface area contributed by atoms with E-state index >= 15 is 0 Å². The van der Waals surface area contributed by atoms with Crippen LogP contribution in [0.25, 0.3) is 11.1 Å². The predicted octanol–water partition coefficient (Wildman–Crippen LogP) is 3.02. The van der Waals surface area contributed by atoms with Crippen LogP contribution in [0.15, 0.2) is 50.2 Å². The average Bonchev–Trinajstić information content (AvgIpc) is 2.71. The van der Waals surface area contributed by atoms with Crippen LogP contribution in [0.2, 0.25) is 0 Å². The van der Waals surface area contributed by atoms with E-state index in [9.17, 15) is 4.79 Å². The number of nitrogens with one attached hydrogen (secondary N) is 2. The van der Waals surface area contributed by atoms with Crippen LogP contribution in [0, 0.1) is 0 Å². The van der Waals surface area contributed by atoms with Crippen LogP contribution in [-0.4, -0.2) is 9.97 Å². The van der Waals surface area contributed by atoms with Crippen LogP contribution in [0.5, 0.6) is 0 Å². The van der Waals surface area contributed by atoms with Gasteiger partial charge in [0.2, 0.25) is 0 Å². The lowest BCUT2D eigenvalue weighted by Crippen LogP contribution is -1.94. The maximum Gasteiger partial charge on any atom is 0.417 e. The van der Waals surface area contributed by atoms with E-state index in [1.165, 1.54) is 0 Å². The molecule has 1 aromatic carbocycles. The maximum atomic E-state index is 11.0. The van der Waals surface area contributed by atoms with E-state index in [1.807, 2.05) is 18.2 Å². The van der Waals surface area contributed by atoms with Gasteiger partial charge in [0.15, 0.2) is 5.58 Å². The van der Waals surface area contributed by atoms with Gasteiger partial charge in [-0.25, -0.2) is 9.78 Å². The molecule has 5 nitrogen and oxygen atoms in total. The number of rotatable bonds is 2. The van der Waals surface area contributed by atoms with Crippen molar-refractivity contribution in [1.82, 2.24) is 9.97 Å². The Bertz CT molecular complexity index is 746. The van der Waals surface area contributed by atoms with Crippen LogP contribution >= 0.6 is 15.9 Å². The van der Waals surface area contributed by atoms with Crippen LogP contribution in [0.1, 0.15) is 0 Å². The molecule has 0 saturated heterocycles. The van der Waals surface area contributed by atoms with Crippen LogP contribution < -0.4 is 11.1 Å². The molecule has 0 unspecified atom stereocenters. The number of nitrogens with zero attached hydrogens (tertiary/aromatic N) is 1. The lowest BCUT2D eigenvalue weighted by molar-refractivity contribution is 0.555. The fraction of sp³-hybridized carbons (Fsp3) is 0. The van der Waals surface area contributed by atoms with Crippen molar-refractivity contribution >= 4 is 38.5 Å². The Labute approximate surface area is 110 Å². The van der Waals surface area contributed by atoms with Crippen molar-refractivity contribution in [3.8, 4) is 0 Å². The average molecular weight is 306 g/mol. The second kappa shape index (κ2) is 4.30. The van der Waals surface area contributed by atoms with Gasteiger partial charge in [0.1, 0.15) is 5.82 Å². The number of H-pyrrole nitrogens is 1. The fourth-order valence-electron chi connectivity index (χ4n) is 1.63. The van der Waals surface area contributed by atoms with E-state index in [1.54, 1.807) is 18.3 Å². The lowest BCUT2D eigenvalue weighted by Gasteiger charge is -2.04. The molecule has 0 amide bonds. The van der Waals surface area contributed by atoms with E-state index in [-0.39, 0.29) is 0 Å². The Morgan fingerprint density at radius 2 is 2.17 bits per heavy atom. The highest BCUT2D eigenvalue weighted by Gasteiger charge is 2.02. The highest BCUT2D eigenvalue weighted by Crippen LogP contribution is 2.20. The van der Waals surface area contributed by atoms with Gasteiger partial charge in [0.25, 0.3) is 0 Å². The van der Waals surface area contributed by atoms with Gasteiger partial charge in [-0.3, -0.25) is 4.98 Å². The number of oxazole rings is 1. The third-order valence-corrected chi connectivity index (χ3v) is 2.89. The van der Waals surface area contributed by atoms with Gasteiger partial charge in [-0.2, -0.15) is 0 Å². The third-order valence-electron chi connectivity index (χ3n) is 2.42. The molecule has 18 heavy (non-hydrogen) atoms. The van der Waals surface area contributed by atoms with Crippen molar-refractivity contribution in [2.75, 3.05) is 5.32 Å². The summed E-state index contributed by atoms with van der Waals surface area (Å²) in [6.45, 7) is 0. The fourth-order valence-corrected chi connectivity index (χ4v) is 1.86. The third kappa shape index (κ3) is 2.14. The van der Waals surface area contributed by atoms with E-state index in [0.29, 0.717) is 11.1 Å². The Balaban J connectivity index is 1.94. The number of hydrogen-bond acceptors (Lipinski definition) is 4. The van der Waals surface area contributed by atoms with Gasteiger partial charge in [0, 0.05) is 16.4 Å². The molecule has 0 aliphatic heterocycles. The van der Waals surface area contributed by atoms with Crippen molar-refractivity contribution < 1.29 is 4.42 Å². The van der Waals surface area contributed by atoms with Crippen molar-refractivity contribution in [3.05, 3.63) is 51.6 Å². The molecule has 0 bridgehead atoms. The molecule has 6 heteroatoms. The van der Waals surface area contributed by atoms with E-state index < -0.39 is 5.76 Å². The van der Waals surface area contributed by atoms with Gasteiger partial charge in [0.05, 0.1) is 5.52 Å². The van der Waals surface area contributed by atoms with E-state index in [4.69, 9.17) is 4.42 Å². The van der Waals surface area contributed by atoms with E-state index in [0.717, 1.165) is 16.0 Å². The minimum absolute atomic E-state index is 0.455. The minimum Gasteiger partial charge on any atom is -0.408 e. The first-order valence-electron chi connectivity index (χ1n) is 5.22. The topological polar surface area (TPSA) is 70.9 Å². The highest BCUT2D eigenvalue weighted by atomic mass is 79.9. The van der Waals surface area contributed by atoms with Gasteiger partial charge < -0.3 is 9.73 Å². The number of pyridine rings is 1. The summed E-state index contributed by atoms with van der Waals surface area (Å²) in [6.07, 6.45) is 1.71. The summed E-state index contributed by atoms with van der Waals surface area (Å²) in [7, 11) is 0. The molecular weight excluding hydrogens is 298 g/mol. The molecule has 2 aromatic heterocycles. The zero-order valence-corrected chi connectivity index (χ0v) is 10.7. The molecule has 0 radical (unpaired) electrons. The first-order chi connectivity index (χ1) is 8.70. The molecule has 0 atom stereocenters. The molecule has 0 fully saturated rings. The number of benzene rings is 1. The smallest absolute Gasteiger partial charge is 0.408 e. The molecule has 90 valence electrons. The largest absolute Gasteiger partial charge is 0.417 e. The Kier molecular flexibility index (Phi) is 2.64. The number of hydrogen-bond donors (Lipinski definition) is 2. The summed E-state index contributed by atoms with van der Waals surface area (Å²) in [4.78, 5) is 17.8. The zero-order valence-electron chi connectivity index (χ0n) is 9.11. The zero-order chi connectivity index (χ0) is 12.5. The highest BCUT2D eigenvalue weighted by molar-refractivity contribution is 9.10. The molecule has 2 heterocycles. The quantitative estimate of drug-likeness (QED) is 0.763. The first-order valence-corrected chi connectivity index (χ1v) is 6.01. The Hall–Kier alpha value is -2.08. The summed E-state index contributed by atoms with van der Waals surface area (Å²) in [5.74, 6) is 0.271. The van der Waals surface area contributed by atoms with Crippen molar-refractivity contribution in [2.45, 2.75) is 0 Å². The van der Waals surface area contributed by atoms with Crippen LogP contribution in [0.3, 0.4) is 0 Å². The number of fused-ring (bicyclic) bond motifs is 1. The molecule has 3 rings (SSSR count). The first kappa shape index (κ1) is 11.0. The summed E-state index contributed by atoms with van der Waals surface area (Å²) in [5, 5.41) is 3.14. The second-order valence-electron chi connectivity index (χ2n) is 3.71. The standard InChI is InChI=1S/C12H8BrN3O2/c13-7-1-4-11(14-6-7)15-8-2-3-10-9(5-8)16-12(17)18-10/h1-6H,(H,14,15)(H,16,17). The Morgan fingerprint density at radius 3 is 2.94 bits per heavy atom. The summed E-state index contributed by atoms with van der Waals surface area (Å²) >= 11 is 3.32. The van der Waals surface area contributed by atoms with Gasteiger partial charge >= 0.3 is 5.76 Å². The number of aromatic amines is 1. The van der Waals surface area contributed by atoms with Gasteiger partial charge in [-0.05, 0) is 46.3 Å². The number of aromatic nitrogens is 2. The summed E-state index contributed by atoms with van der Waals surface area (Å²) in [6, 6.07) is 9.10. The number of halogens is 1. The van der Waals surface area contributed by atoms with Gasteiger partial charge in [-0.1, -0.05) is 0 Å². The maximum absolute atomic E-state index is 11.0. The molecule has 0 spiro atoms. The van der Waals surface area contributed by atoms with Crippen molar-refractivity contribution in [1.29, 1.82) is 0 Å². The second-order valence-corrected chi connectivity index (χ2v) is 4.63. The summed E-state index contributed by atoms with van der Waals surface area (Å²) in [5.41, 5.74) is 2.02. The molecule has 0 saturated carbocycles. The molecule has 0 aliphatic rings. The van der Waals surface area contributed by atoms with Crippen molar-refractivity contribution in [2.24, 2.45) is 0 Å². The molecule has 0 aliphatic carbocycles. The lowest BCUT2D eigenvalue weighted by atomic mass is 10.3. The van der Waals surface area contributed by atoms with Crippen LogP contribution in [-0.2, 0) is 0 Å². The molecule has 3 aromatic rings. The molecular formula is C12H8BrN3O2. The monoisotopic (exact) mass is 305 g/mol. The minimum atomic E-state index is -0.455. The van der Waals surface area contributed by atoms with E-state index in [2.05, 4.69) is 31.2 Å². The number of anilines is 2. The molecule has 2 N–H and O–H groups in total. The normalized spacial score (nSPS) is 10.7. The predicted molar refractivity (Wildman–Crippen MR) is 72.1 cm³/mol. The van der Waals surface area contributed by atoms with Gasteiger partial charge in [-0.15, -0.1) is 0 Å². The van der Waals surface area contributed by atoms with Crippen LogP contribution in [0.4, 0.5) is 11.5 Å². The SMILES string of the molecule is O=c1[nH]c2cc(Nc3ccc(Br)cn3)ccc2o1. The van der Waals surface area contributed by atoms with Crippen molar-refractivity contribution in [3.63, 3.8) is 0 Å². The summed E-state index contributed by atoms with van der Waals surface area (Å²) < 4.78 is 5.85. The Morgan fingerprint density at radius 1 is 1.28 bits per heavy atom.